The number of ether oxygens (including phenoxy) is 2. The monoisotopic (exact) mass is 311 g/mol. The van der Waals surface area contributed by atoms with Crippen molar-refractivity contribution in [2.45, 2.75) is 25.0 Å². The van der Waals surface area contributed by atoms with Crippen molar-refractivity contribution in [2.24, 2.45) is 11.8 Å². The first-order valence-corrected chi connectivity index (χ1v) is 8.26. The third-order valence-electron chi connectivity index (χ3n) is 5.49. The Bertz CT molecular complexity index is 810. The number of pyridine rings is 1. The van der Waals surface area contributed by atoms with Gasteiger partial charge in [0, 0.05) is 24.4 Å². The van der Waals surface area contributed by atoms with Gasteiger partial charge in [0.25, 0.3) is 0 Å². The number of halogens is 1. The maximum Gasteiger partial charge on any atom is 0.169 e. The van der Waals surface area contributed by atoms with Crippen molar-refractivity contribution < 1.29 is 13.9 Å². The summed E-state index contributed by atoms with van der Waals surface area (Å²) in [5, 5.41) is 0.904. The molecule has 2 atom stereocenters. The van der Waals surface area contributed by atoms with E-state index in [4.69, 9.17) is 9.47 Å². The molecular weight excluding hydrogens is 293 g/mol. The molecule has 1 saturated carbocycles. The Morgan fingerprint density at radius 2 is 2.00 bits per heavy atom. The third kappa shape index (κ3) is 2.12. The second-order valence-corrected chi connectivity index (χ2v) is 6.86. The van der Waals surface area contributed by atoms with Gasteiger partial charge in [-0.3, -0.25) is 4.98 Å². The van der Waals surface area contributed by atoms with Gasteiger partial charge in [0.1, 0.15) is 5.82 Å². The van der Waals surface area contributed by atoms with E-state index < -0.39 is 0 Å². The molecule has 1 aromatic carbocycles. The van der Waals surface area contributed by atoms with Crippen LogP contribution in [0.3, 0.4) is 0 Å². The van der Waals surface area contributed by atoms with E-state index in [1.807, 2.05) is 12.3 Å². The van der Waals surface area contributed by atoms with Crippen LogP contribution in [0.1, 0.15) is 24.8 Å². The predicted octanol–water partition coefficient (Wildman–Crippen LogP) is 3.93. The Morgan fingerprint density at radius 3 is 2.83 bits per heavy atom. The van der Waals surface area contributed by atoms with E-state index in [1.54, 1.807) is 12.1 Å². The van der Waals surface area contributed by atoms with Crippen LogP contribution in [-0.4, -0.2) is 24.0 Å². The maximum absolute atomic E-state index is 13.7. The van der Waals surface area contributed by atoms with Gasteiger partial charge in [-0.25, -0.2) is 4.39 Å². The molecule has 1 aromatic heterocycles. The summed E-state index contributed by atoms with van der Waals surface area (Å²) in [5.74, 6) is 0.529. The van der Waals surface area contributed by atoms with Gasteiger partial charge in [-0.15, -0.1) is 0 Å². The van der Waals surface area contributed by atoms with E-state index in [1.165, 1.54) is 11.6 Å². The first-order valence-electron chi connectivity index (χ1n) is 8.26. The summed E-state index contributed by atoms with van der Waals surface area (Å²) < 4.78 is 25.4. The van der Waals surface area contributed by atoms with Crippen molar-refractivity contribution in [3.05, 3.63) is 47.9 Å². The zero-order chi connectivity index (χ0) is 15.4. The van der Waals surface area contributed by atoms with Gasteiger partial charge >= 0.3 is 0 Å². The minimum Gasteiger partial charge on any atom is -0.348 e. The molecule has 3 aliphatic rings. The summed E-state index contributed by atoms with van der Waals surface area (Å²) in [6.07, 6.45) is 7.09. The van der Waals surface area contributed by atoms with Gasteiger partial charge in [0.15, 0.2) is 5.79 Å². The molecule has 2 heterocycles. The van der Waals surface area contributed by atoms with Crippen LogP contribution in [0.4, 0.5) is 4.39 Å². The topological polar surface area (TPSA) is 31.4 Å². The lowest BCUT2D eigenvalue weighted by atomic mass is 9.96. The van der Waals surface area contributed by atoms with Crippen LogP contribution in [0.2, 0.25) is 0 Å². The van der Waals surface area contributed by atoms with E-state index in [9.17, 15) is 4.39 Å². The third-order valence-corrected chi connectivity index (χ3v) is 5.49. The Balaban J connectivity index is 1.51. The van der Waals surface area contributed by atoms with Crippen molar-refractivity contribution in [1.29, 1.82) is 0 Å². The zero-order valence-corrected chi connectivity index (χ0v) is 12.8. The van der Waals surface area contributed by atoms with Gasteiger partial charge in [-0.1, -0.05) is 6.08 Å². The average Bonchev–Trinajstić information content (AvgIpc) is 3.22. The minimum absolute atomic E-state index is 0.211. The first-order chi connectivity index (χ1) is 11.2. The minimum atomic E-state index is -0.330. The van der Waals surface area contributed by atoms with Crippen molar-refractivity contribution in [3.8, 4) is 0 Å². The molecule has 0 unspecified atom stereocenters. The van der Waals surface area contributed by atoms with Gasteiger partial charge in [0.05, 0.1) is 18.7 Å². The number of rotatable bonds is 1. The van der Waals surface area contributed by atoms with Gasteiger partial charge in [0.2, 0.25) is 0 Å². The molecule has 1 spiro atoms. The largest absolute Gasteiger partial charge is 0.348 e. The summed E-state index contributed by atoms with van der Waals surface area (Å²) in [5.41, 5.74) is 3.28. The van der Waals surface area contributed by atoms with Crippen molar-refractivity contribution >= 4 is 16.5 Å². The summed E-state index contributed by atoms with van der Waals surface area (Å²) in [6, 6.07) is 6.82. The fourth-order valence-corrected chi connectivity index (χ4v) is 4.52. The number of benzene rings is 1. The summed E-state index contributed by atoms with van der Waals surface area (Å²) >= 11 is 0. The van der Waals surface area contributed by atoms with Crippen LogP contribution >= 0.6 is 0 Å². The average molecular weight is 311 g/mol. The number of nitrogens with zero attached hydrogens (tertiary/aromatic N) is 1. The second-order valence-electron chi connectivity index (χ2n) is 6.86. The predicted molar refractivity (Wildman–Crippen MR) is 85.1 cm³/mol. The van der Waals surface area contributed by atoms with Crippen LogP contribution in [-0.2, 0) is 9.47 Å². The number of hydrogen-bond donors (Lipinski definition) is 0. The standard InChI is InChI=1S/C19H18FNO2/c20-15-1-2-18-17(9-15)16(3-4-21-18)12-7-13-10-19(11-14(13)8-12)22-5-6-23-19/h1-4,7,9,13-14H,5-6,8,10-11H2/t13-,14+/m1/s1. The second kappa shape index (κ2) is 4.86. The van der Waals surface area contributed by atoms with E-state index in [0.29, 0.717) is 25.0 Å². The molecule has 0 N–H and O–H groups in total. The maximum atomic E-state index is 13.7. The highest BCUT2D eigenvalue weighted by atomic mass is 19.1. The molecule has 2 aliphatic carbocycles. The summed E-state index contributed by atoms with van der Waals surface area (Å²) in [4.78, 5) is 4.35. The SMILES string of the molecule is Fc1ccc2nccc(C3=C[C@@H]4CC5(C[C@@H]4C3)OCCO5)c2c1. The lowest BCUT2D eigenvalue weighted by Crippen LogP contribution is -2.26. The molecule has 2 aromatic rings. The molecule has 0 amide bonds. The van der Waals surface area contributed by atoms with Crippen LogP contribution in [0, 0.1) is 17.7 Å². The lowest BCUT2D eigenvalue weighted by Gasteiger charge is -2.22. The van der Waals surface area contributed by atoms with Gasteiger partial charge < -0.3 is 9.47 Å². The smallest absolute Gasteiger partial charge is 0.169 e. The number of fused-ring (bicyclic) bond motifs is 2. The van der Waals surface area contributed by atoms with Crippen LogP contribution in [0.5, 0.6) is 0 Å². The molecule has 23 heavy (non-hydrogen) atoms. The molecule has 4 heteroatoms. The molecule has 1 saturated heterocycles. The van der Waals surface area contributed by atoms with Crippen molar-refractivity contribution in [2.75, 3.05) is 13.2 Å². The fraction of sp³-hybridized carbons (Fsp3) is 0.421. The van der Waals surface area contributed by atoms with E-state index in [2.05, 4.69) is 11.1 Å². The molecule has 1 aliphatic heterocycles. The quantitative estimate of drug-likeness (QED) is 0.799. The molecule has 0 bridgehead atoms. The van der Waals surface area contributed by atoms with Gasteiger partial charge in [-0.2, -0.15) is 0 Å². The highest BCUT2D eigenvalue weighted by molar-refractivity contribution is 5.92. The van der Waals surface area contributed by atoms with Crippen LogP contribution < -0.4 is 0 Å². The number of allylic oxidation sites excluding steroid dienone is 2. The highest BCUT2D eigenvalue weighted by Crippen LogP contribution is 2.53. The summed E-state index contributed by atoms with van der Waals surface area (Å²) in [7, 11) is 0. The fourth-order valence-electron chi connectivity index (χ4n) is 4.52. The molecular formula is C19H18FNO2. The molecule has 2 fully saturated rings. The lowest BCUT2D eigenvalue weighted by molar-refractivity contribution is -0.153. The van der Waals surface area contributed by atoms with E-state index in [-0.39, 0.29) is 11.6 Å². The van der Waals surface area contributed by atoms with Gasteiger partial charge in [-0.05, 0) is 53.7 Å². The van der Waals surface area contributed by atoms with E-state index >= 15 is 0 Å². The highest BCUT2D eigenvalue weighted by Gasteiger charge is 2.50. The molecule has 3 nitrogen and oxygen atoms in total. The molecule has 5 rings (SSSR count). The normalized spacial score (nSPS) is 28.5. The Morgan fingerprint density at radius 1 is 1.13 bits per heavy atom. The van der Waals surface area contributed by atoms with Crippen LogP contribution in [0.15, 0.2) is 36.5 Å². The van der Waals surface area contributed by atoms with Crippen LogP contribution in [0.25, 0.3) is 16.5 Å². The number of aromatic nitrogens is 1. The number of hydrogen-bond acceptors (Lipinski definition) is 3. The van der Waals surface area contributed by atoms with Crippen molar-refractivity contribution in [1.82, 2.24) is 4.98 Å². The Labute approximate surface area is 134 Å². The summed E-state index contributed by atoms with van der Waals surface area (Å²) in [6.45, 7) is 1.43. The molecule has 0 radical (unpaired) electrons. The molecule has 118 valence electrons. The van der Waals surface area contributed by atoms with Crippen molar-refractivity contribution in [3.63, 3.8) is 0 Å². The van der Waals surface area contributed by atoms with E-state index in [0.717, 1.165) is 35.7 Å². The Kier molecular flexibility index (Phi) is 2.88. The first kappa shape index (κ1) is 13.6. The Hall–Kier alpha value is -1.78. The zero-order valence-electron chi connectivity index (χ0n) is 12.8.